The van der Waals surface area contributed by atoms with E-state index in [9.17, 15) is 9.59 Å². The summed E-state index contributed by atoms with van der Waals surface area (Å²) in [6.45, 7) is 2.56. The molecule has 1 saturated heterocycles. The molecule has 0 bridgehead atoms. The number of hydrogen-bond donors (Lipinski definition) is 3. The molecule has 2 fully saturated rings. The lowest BCUT2D eigenvalue weighted by Crippen LogP contribution is -2.49. The molecule has 27 heavy (non-hydrogen) atoms. The van der Waals surface area contributed by atoms with Crippen molar-refractivity contribution in [3.63, 3.8) is 0 Å². The van der Waals surface area contributed by atoms with E-state index in [1.54, 1.807) is 4.68 Å². The topological polar surface area (TPSA) is 118 Å². The number of urea groups is 2. The first-order valence-electron chi connectivity index (χ1n) is 10.1. The Labute approximate surface area is 160 Å². The summed E-state index contributed by atoms with van der Waals surface area (Å²) < 4.78 is 1.79. The minimum absolute atomic E-state index is 0.0801. The standard InChI is InChI=1S/C18H31N7O2/c19-17(26)20-10-16-13-25(23-22-16)12-14-6-5-9-24(11-14)18(27)21-15-7-3-1-2-4-8-15/h13-15H,1-12H2,(H,21,27)(H3,19,20,26)/t14-/m0/s1. The molecule has 2 aliphatic rings. The minimum Gasteiger partial charge on any atom is -0.352 e. The summed E-state index contributed by atoms with van der Waals surface area (Å²) in [5.74, 6) is 0.359. The molecule has 1 saturated carbocycles. The molecule has 150 valence electrons. The first-order valence-corrected chi connectivity index (χ1v) is 10.1. The Morgan fingerprint density at radius 2 is 1.93 bits per heavy atom. The Balaban J connectivity index is 1.47. The van der Waals surface area contributed by atoms with Gasteiger partial charge in [-0.15, -0.1) is 5.10 Å². The maximum Gasteiger partial charge on any atom is 0.317 e. The van der Waals surface area contributed by atoms with Crippen molar-refractivity contribution < 1.29 is 9.59 Å². The van der Waals surface area contributed by atoms with Crippen LogP contribution < -0.4 is 16.4 Å². The largest absolute Gasteiger partial charge is 0.352 e. The van der Waals surface area contributed by atoms with Gasteiger partial charge in [-0.2, -0.15) is 0 Å². The van der Waals surface area contributed by atoms with Crippen LogP contribution in [0.3, 0.4) is 0 Å². The lowest BCUT2D eigenvalue weighted by molar-refractivity contribution is 0.153. The molecular formula is C18H31N7O2. The third-order valence-corrected chi connectivity index (χ3v) is 5.46. The van der Waals surface area contributed by atoms with Crippen LogP contribution in [0.1, 0.15) is 57.1 Å². The zero-order valence-corrected chi connectivity index (χ0v) is 15.9. The first kappa shape index (κ1) is 19.4. The van der Waals surface area contributed by atoms with Gasteiger partial charge in [0.15, 0.2) is 0 Å². The molecule has 9 nitrogen and oxygen atoms in total. The number of nitrogens with one attached hydrogen (secondary N) is 2. The summed E-state index contributed by atoms with van der Waals surface area (Å²) in [6, 6.07) is -0.167. The van der Waals surface area contributed by atoms with E-state index < -0.39 is 6.03 Å². The number of carbonyl (C=O) groups is 2. The van der Waals surface area contributed by atoms with Crippen molar-refractivity contribution in [3.8, 4) is 0 Å². The van der Waals surface area contributed by atoms with Gasteiger partial charge in [0, 0.05) is 25.7 Å². The second kappa shape index (κ2) is 9.57. The maximum atomic E-state index is 12.7. The van der Waals surface area contributed by atoms with Crippen LogP contribution >= 0.6 is 0 Å². The molecule has 3 rings (SSSR count). The van der Waals surface area contributed by atoms with Gasteiger partial charge < -0.3 is 21.3 Å². The summed E-state index contributed by atoms with van der Waals surface area (Å²) in [5, 5.41) is 13.9. The monoisotopic (exact) mass is 377 g/mol. The van der Waals surface area contributed by atoms with Crippen molar-refractivity contribution in [1.82, 2.24) is 30.5 Å². The zero-order chi connectivity index (χ0) is 19.1. The van der Waals surface area contributed by atoms with Crippen LogP contribution in [0.5, 0.6) is 0 Å². The summed E-state index contributed by atoms with van der Waals surface area (Å²) in [5.41, 5.74) is 5.74. The van der Waals surface area contributed by atoms with Crippen molar-refractivity contribution in [2.75, 3.05) is 13.1 Å². The molecule has 0 radical (unpaired) electrons. The highest BCUT2D eigenvalue weighted by atomic mass is 16.2. The van der Waals surface area contributed by atoms with Gasteiger partial charge in [-0.1, -0.05) is 30.9 Å². The SMILES string of the molecule is NC(=O)NCc1cn(C[C@H]2CCCN(C(=O)NC3CCCCCC3)C2)nn1. The van der Waals surface area contributed by atoms with E-state index in [-0.39, 0.29) is 12.6 Å². The summed E-state index contributed by atoms with van der Waals surface area (Å²) in [6.07, 6.45) is 11.1. The van der Waals surface area contributed by atoms with Gasteiger partial charge >= 0.3 is 12.1 Å². The number of nitrogens with zero attached hydrogens (tertiary/aromatic N) is 4. The molecule has 1 aromatic heterocycles. The number of nitrogens with two attached hydrogens (primary N) is 1. The van der Waals surface area contributed by atoms with E-state index in [2.05, 4.69) is 20.9 Å². The fourth-order valence-corrected chi connectivity index (χ4v) is 4.04. The third-order valence-electron chi connectivity index (χ3n) is 5.46. The highest BCUT2D eigenvalue weighted by Crippen LogP contribution is 2.20. The van der Waals surface area contributed by atoms with Crippen LogP contribution in [0.2, 0.25) is 0 Å². The molecule has 0 aromatic carbocycles. The van der Waals surface area contributed by atoms with Gasteiger partial charge in [0.2, 0.25) is 0 Å². The van der Waals surface area contributed by atoms with E-state index in [0.717, 1.165) is 45.3 Å². The van der Waals surface area contributed by atoms with Gasteiger partial charge in [0.05, 0.1) is 12.7 Å². The molecule has 1 aliphatic carbocycles. The second-order valence-electron chi connectivity index (χ2n) is 7.74. The van der Waals surface area contributed by atoms with Gasteiger partial charge in [-0.05, 0) is 31.6 Å². The van der Waals surface area contributed by atoms with E-state index in [1.807, 2.05) is 11.1 Å². The molecule has 4 amide bonds. The maximum absolute atomic E-state index is 12.7. The Morgan fingerprint density at radius 3 is 2.67 bits per heavy atom. The fourth-order valence-electron chi connectivity index (χ4n) is 4.04. The predicted molar refractivity (Wildman–Crippen MR) is 101 cm³/mol. The van der Waals surface area contributed by atoms with Crippen molar-refractivity contribution in [3.05, 3.63) is 11.9 Å². The van der Waals surface area contributed by atoms with Crippen molar-refractivity contribution in [1.29, 1.82) is 0 Å². The number of likely N-dealkylation sites (tertiary alicyclic amines) is 1. The molecule has 1 aliphatic heterocycles. The molecular weight excluding hydrogens is 346 g/mol. The summed E-state index contributed by atoms with van der Waals surface area (Å²) in [7, 11) is 0. The van der Waals surface area contributed by atoms with Gasteiger partial charge in [-0.25, -0.2) is 9.59 Å². The summed E-state index contributed by atoms with van der Waals surface area (Å²) in [4.78, 5) is 25.4. The van der Waals surface area contributed by atoms with Crippen LogP contribution in [0.4, 0.5) is 9.59 Å². The van der Waals surface area contributed by atoms with E-state index in [1.165, 1.54) is 25.7 Å². The Hall–Kier alpha value is -2.32. The van der Waals surface area contributed by atoms with Crippen molar-refractivity contribution in [2.24, 2.45) is 11.7 Å². The van der Waals surface area contributed by atoms with Crippen LogP contribution in [0.25, 0.3) is 0 Å². The molecule has 2 heterocycles. The van der Waals surface area contributed by atoms with Crippen LogP contribution in [-0.4, -0.2) is 51.1 Å². The molecule has 1 atom stereocenters. The average Bonchev–Trinajstić information content (AvgIpc) is 2.94. The van der Waals surface area contributed by atoms with Crippen LogP contribution in [0, 0.1) is 5.92 Å². The highest BCUT2D eigenvalue weighted by molar-refractivity contribution is 5.74. The lowest BCUT2D eigenvalue weighted by Gasteiger charge is -2.33. The van der Waals surface area contributed by atoms with Gasteiger partial charge in [0.25, 0.3) is 0 Å². The predicted octanol–water partition coefficient (Wildman–Crippen LogP) is 1.59. The number of primary amides is 1. The molecule has 4 N–H and O–H groups in total. The van der Waals surface area contributed by atoms with Crippen LogP contribution in [-0.2, 0) is 13.1 Å². The van der Waals surface area contributed by atoms with Crippen molar-refractivity contribution >= 4 is 12.1 Å². The molecule has 0 unspecified atom stereocenters. The first-order chi connectivity index (χ1) is 13.1. The molecule has 9 heteroatoms. The number of aromatic nitrogens is 3. The number of hydrogen-bond acceptors (Lipinski definition) is 4. The van der Waals surface area contributed by atoms with E-state index in [0.29, 0.717) is 17.7 Å². The minimum atomic E-state index is -0.577. The Kier molecular flexibility index (Phi) is 6.89. The smallest absolute Gasteiger partial charge is 0.317 e. The van der Waals surface area contributed by atoms with Crippen molar-refractivity contribution in [2.45, 2.75) is 70.5 Å². The fraction of sp³-hybridized carbons (Fsp3) is 0.778. The van der Waals surface area contributed by atoms with E-state index >= 15 is 0 Å². The number of carbonyl (C=O) groups excluding carboxylic acids is 2. The normalized spacial score (nSPS) is 21.5. The lowest BCUT2D eigenvalue weighted by atomic mass is 9.98. The van der Waals surface area contributed by atoms with E-state index in [4.69, 9.17) is 5.73 Å². The Bertz CT molecular complexity index is 625. The van der Waals surface area contributed by atoms with Gasteiger partial charge in [0.1, 0.15) is 5.69 Å². The van der Waals surface area contributed by atoms with Crippen LogP contribution in [0.15, 0.2) is 6.20 Å². The molecule has 0 spiro atoms. The zero-order valence-electron chi connectivity index (χ0n) is 15.9. The summed E-state index contributed by atoms with van der Waals surface area (Å²) >= 11 is 0. The molecule has 1 aromatic rings. The quantitative estimate of drug-likeness (QED) is 0.675. The van der Waals surface area contributed by atoms with Gasteiger partial charge in [-0.3, -0.25) is 4.68 Å². The number of rotatable bonds is 5. The average molecular weight is 377 g/mol. The third kappa shape index (κ3) is 6.11. The second-order valence-corrected chi connectivity index (χ2v) is 7.74. The highest BCUT2D eigenvalue weighted by Gasteiger charge is 2.26. The number of amides is 4. The Morgan fingerprint density at radius 1 is 1.15 bits per heavy atom. The number of piperidine rings is 1.